The number of carbonyl (C=O) groups is 2. The number of halogens is 1. The SMILES string of the molecule is CC1CCCCN1CCCNC(=O)c1ccccc1OCC(=O)Nc1ccc(Br)cc1. The van der Waals surface area contributed by atoms with Crippen molar-refractivity contribution < 1.29 is 14.3 Å². The molecule has 0 bridgehead atoms. The largest absolute Gasteiger partial charge is 0.483 e. The molecule has 1 heterocycles. The van der Waals surface area contributed by atoms with Gasteiger partial charge in [0.25, 0.3) is 11.8 Å². The molecule has 2 N–H and O–H groups in total. The second kappa shape index (κ2) is 11.9. The number of para-hydroxylation sites is 1. The van der Waals surface area contributed by atoms with E-state index in [1.54, 1.807) is 36.4 Å². The number of hydrogen-bond donors (Lipinski definition) is 2. The highest BCUT2D eigenvalue weighted by atomic mass is 79.9. The minimum atomic E-state index is -0.284. The van der Waals surface area contributed by atoms with E-state index in [0.29, 0.717) is 29.6 Å². The number of piperidine rings is 1. The first-order valence-electron chi connectivity index (χ1n) is 10.8. The fourth-order valence-corrected chi connectivity index (χ4v) is 3.99. The first kappa shape index (κ1) is 23.3. The molecule has 31 heavy (non-hydrogen) atoms. The van der Waals surface area contributed by atoms with Crippen LogP contribution in [0.15, 0.2) is 53.0 Å². The normalized spacial score (nSPS) is 16.5. The van der Waals surface area contributed by atoms with Crippen LogP contribution in [0.4, 0.5) is 5.69 Å². The summed E-state index contributed by atoms with van der Waals surface area (Å²) < 4.78 is 6.58. The van der Waals surface area contributed by atoms with Crippen LogP contribution in [0.1, 0.15) is 43.0 Å². The monoisotopic (exact) mass is 487 g/mol. The summed E-state index contributed by atoms with van der Waals surface area (Å²) in [6.45, 7) is 4.86. The Bertz CT molecular complexity index is 873. The molecule has 1 fully saturated rings. The summed E-state index contributed by atoms with van der Waals surface area (Å²) in [6, 6.07) is 14.9. The lowest BCUT2D eigenvalue weighted by atomic mass is 10.0. The molecule has 6 nitrogen and oxygen atoms in total. The van der Waals surface area contributed by atoms with Gasteiger partial charge in [0.15, 0.2) is 6.61 Å². The molecule has 1 saturated heterocycles. The molecule has 0 saturated carbocycles. The van der Waals surface area contributed by atoms with Gasteiger partial charge in [-0.15, -0.1) is 0 Å². The number of amides is 2. The van der Waals surface area contributed by atoms with Gasteiger partial charge in [-0.05, 0) is 69.1 Å². The number of nitrogens with zero attached hydrogens (tertiary/aromatic N) is 1. The summed E-state index contributed by atoms with van der Waals surface area (Å²) in [5.41, 5.74) is 1.12. The van der Waals surface area contributed by atoms with Crippen molar-refractivity contribution in [3.05, 3.63) is 58.6 Å². The zero-order chi connectivity index (χ0) is 22.1. The van der Waals surface area contributed by atoms with Crippen molar-refractivity contribution in [3.63, 3.8) is 0 Å². The fourth-order valence-electron chi connectivity index (χ4n) is 3.72. The summed E-state index contributed by atoms with van der Waals surface area (Å²) in [7, 11) is 0. The van der Waals surface area contributed by atoms with Gasteiger partial charge in [-0.3, -0.25) is 9.59 Å². The van der Waals surface area contributed by atoms with Gasteiger partial charge in [-0.25, -0.2) is 0 Å². The van der Waals surface area contributed by atoms with Gasteiger partial charge >= 0.3 is 0 Å². The minimum absolute atomic E-state index is 0.173. The van der Waals surface area contributed by atoms with E-state index in [4.69, 9.17) is 4.74 Å². The number of hydrogen-bond acceptors (Lipinski definition) is 4. The second-order valence-electron chi connectivity index (χ2n) is 7.83. The highest BCUT2D eigenvalue weighted by molar-refractivity contribution is 9.10. The van der Waals surface area contributed by atoms with E-state index in [2.05, 4.69) is 38.4 Å². The molecule has 166 valence electrons. The van der Waals surface area contributed by atoms with E-state index in [1.807, 2.05) is 12.1 Å². The maximum Gasteiger partial charge on any atom is 0.262 e. The Hall–Kier alpha value is -2.38. The number of rotatable bonds is 9. The van der Waals surface area contributed by atoms with Crippen molar-refractivity contribution in [2.24, 2.45) is 0 Å². The quantitative estimate of drug-likeness (QED) is 0.512. The van der Waals surface area contributed by atoms with Crippen LogP contribution in [0.5, 0.6) is 5.75 Å². The van der Waals surface area contributed by atoms with Gasteiger partial charge in [0, 0.05) is 29.3 Å². The lowest BCUT2D eigenvalue weighted by Crippen LogP contribution is -2.39. The summed E-state index contributed by atoms with van der Waals surface area (Å²) in [6.07, 6.45) is 4.74. The predicted octanol–water partition coefficient (Wildman–Crippen LogP) is 4.46. The predicted molar refractivity (Wildman–Crippen MR) is 127 cm³/mol. The lowest BCUT2D eigenvalue weighted by molar-refractivity contribution is -0.118. The molecule has 1 unspecified atom stereocenters. The van der Waals surface area contributed by atoms with Gasteiger partial charge in [0.2, 0.25) is 0 Å². The van der Waals surface area contributed by atoms with Crippen molar-refractivity contribution in [2.75, 3.05) is 31.6 Å². The maximum absolute atomic E-state index is 12.6. The molecule has 0 spiro atoms. The number of benzene rings is 2. The summed E-state index contributed by atoms with van der Waals surface area (Å²) in [4.78, 5) is 27.3. The van der Waals surface area contributed by atoms with Crippen LogP contribution >= 0.6 is 15.9 Å². The van der Waals surface area contributed by atoms with Gasteiger partial charge in [0.1, 0.15) is 5.75 Å². The van der Waals surface area contributed by atoms with Crippen molar-refractivity contribution in [1.82, 2.24) is 10.2 Å². The highest BCUT2D eigenvalue weighted by Gasteiger charge is 2.18. The molecule has 7 heteroatoms. The average Bonchev–Trinajstić information content (AvgIpc) is 2.78. The molecule has 0 aromatic heterocycles. The van der Waals surface area contributed by atoms with Gasteiger partial charge in [0.05, 0.1) is 5.56 Å². The van der Waals surface area contributed by atoms with E-state index in [1.165, 1.54) is 19.3 Å². The van der Waals surface area contributed by atoms with Gasteiger partial charge < -0.3 is 20.3 Å². The Morgan fingerprint density at radius 3 is 2.68 bits per heavy atom. The van der Waals surface area contributed by atoms with Crippen molar-refractivity contribution in [1.29, 1.82) is 0 Å². The van der Waals surface area contributed by atoms with E-state index in [-0.39, 0.29) is 18.4 Å². The standard InChI is InChI=1S/C24H30BrN3O3/c1-18-7-4-5-15-28(18)16-6-14-26-24(30)21-8-2-3-9-22(21)31-17-23(29)27-20-12-10-19(25)11-13-20/h2-3,8-13,18H,4-7,14-17H2,1H3,(H,26,30)(H,27,29). The number of ether oxygens (including phenoxy) is 1. The van der Waals surface area contributed by atoms with Gasteiger partial charge in [-0.2, -0.15) is 0 Å². The molecular weight excluding hydrogens is 458 g/mol. The molecular formula is C24H30BrN3O3. The fraction of sp³-hybridized carbons (Fsp3) is 0.417. The van der Waals surface area contributed by atoms with E-state index in [9.17, 15) is 9.59 Å². The van der Waals surface area contributed by atoms with Crippen LogP contribution in [0, 0.1) is 0 Å². The zero-order valence-corrected chi connectivity index (χ0v) is 19.5. The molecule has 1 aliphatic rings. The van der Waals surface area contributed by atoms with Crippen LogP contribution in [-0.2, 0) is 4.79 Å². The first-order valence-corrected chi connectivity index (χ1v) is 11.6. The van der Waals surface area contributed by atoms with Crippen LogP contribution in [0.2, 0.25) is 0 Å². The maximum atomic E-state index is 12.6. The Morgan fingerprint density at radius 2 is 1.90 bits per heavy atom. The van der Waals surface area contributed by atoms with Gasteiger partial charge in [-0.1, -0.05) is 34.5 Å². The number of nitrogens with one attached hydrogen (secondary N) is 2. The Morgan fingerprint density at radius 1 is 1.13 bits per heavy atom. The molecule has 2 aromatic rings. The van der Waals surface area contributed by atoms with Crippen molar-refractivity contribution >= 4 is 33.4 Å². The van der Waals surface area contributed by atoms with Crippen LogP contribution in [0.25, 0.3) is 0 Å². The first-order chi connectivity index (χ1) is 15.0. The van der Waals surface area contributed by atoms with Crippen LogP contribution in [0.3, 0.4) is 0 Å². The van der Waals surface area contributed by atoms with Crippen molar-refractivity contribution in [3.8, 4) is 5.75 Å². The third-order valence-electron chi connectivity index (χ3n) is 5.47. The number of anilines is 1. The number of likely N-dealkylation sites (tertiary alicyclic amines) is 1. The van der Waals surface area contributed by atoms with E-state index in [0.717, 1.165) is 24.0 Å². The smallest absolute Gasteiger partial charge is 0.262 e. The topological polar surface area (TPSA) is 70.7 Å². The number of carbonyl (C=O) groups excluding carboxylic acids is 2. The molecule has 1 aliphatic heterocycles. The molecule has 2 aromatic carbocycles. The molecule has 1 atom stereocenters. The summed E-state index contributed by atoms with van der Waals surface area (Å²) in [5, 5.41) is 5.75. The lowest BCUT2D eigenvalue weighted by Gasteiger charge is -2.33. The molecule has 3 rings (SSSR count). The van der Waals surface area contributed by atoms with Crippen LogP contribution in [-0.4, -0.2) is 49.0 Å². The second-order valence-corrected chi connectivity index (χ2v) is 8.75. The van der Waals surface area contributed by atoms with Crippen LogP contribution < -0.4 is 15.4 Å². The molecule has 0 aliphatic carbocycles. The zero-order valence-electron chi connectivity index (χ0n) is 17.9. The van der Waals surface area contributed by atoms with E-state index >= 15 is 0 Å². The third-order valence-corrected chi connectivity index (χ3v) is 6.00. The Kier molecular flexibility index (Phi) is 8.91. The third kappa shape index (κ3) is 7.36. The average molecular weight is 488 g/mol. The summed E-state index contributed by atoms with van der Waals surface area (Å²) in [5.74, 6) is -0.0700. The highest BCUT2D eigenvalue weighted by Crippen LogP contribution is 2.19. The Labute approximate surface area is 192 Å². The molecule has 0 radical (unpaired) electrons. The summed E-state index contributed by atoms with van der Waals surface area (Å²) >= 11 is 3.36. The van der Waals surface area contributed by atoms with Crippen molar-refractivity contribution in [2.45, 2.75) is 38.6 Å². The van der Waals surface area contributed by atoms with E-state index < -0.39 is 0 Å². The molecule has 2 amide bonds. The minimum Gasteiger partial charge on any atom is -0.483 e. The Balaban J connectivity index is 1.45.